The van der Waals surface area contributed by atoms with E-state index in [1.54, 1.807) is 6.92 Å². The second-order valence-corrected chi connectivity index (χ2v) is 7.18. The fourth-order valence-corrected chi connectivity index (χ4v) is 3.22. The molecule has 0 spiro atoms. The van der Waals surface area contributed by atoms with Gasteiger partial charge in [-0.3, -0.25) is 20.2 Å². The van der Waals surface area contributed by atoms with Crippen molar-refractivity contribution in [3.63, 3.8) is 0 Å². The number of non-ortho nitro benzene ring substituents is 2. The molecule has 0 aromatic heterocycles. The second kappa shape index (κ2) is 10.1. The lowest BCUT2D eigenvalue weighted by molar-refractivity contribution is -0.385. The largest absolute Gasteiger partial charge is 0.456 e. The topological polar surface area (TPSA) is 157 Å². The third-order valence-corrected chi connectivity index (χ3v) is 5.02. The van der Waals surface area contributed by atoms with Crippen LogP contribution in [0, 0.1) is 20.2 Å². The Hall–Kier alpha value is -3.90. The number of nitro benzene ring substituents is 2. The average Bonchev–Trinajstić information content (AvgIpc) is 2.80. The van der Waals surface area contributed by atoms with Gasteiger partial charge in [-0.25, -0.2) is 9.59 Å². The minimum absolute atomic E-state index is 0.0666. The molecule has 1 heterocycles. The van der Waals surface area contributed by atoms with Crippen molar-refractivity contribution < 1.29 is 38.4 Å². The molecule has 1 saturated heterocycles. The summed E-state index contributed by atoms with van der Waals surface area (Å²) >= 11 is 0. The highest BCUT2D eigenvalue weighted by Crippen LogP contribution is 2.27. The molecule has 0 aliphatic carbocycles. The highest BCUT2D eigenvalue weighted by atomic mass is 16.7. The minimum Gasteiger partial charge on any atom is -0.456 e. The van der Waals surface area contributed by atoms with Crippen LogP contribution >= 0.6 is 0 Å². The van der Waals surface area contributed by atoms with Gasteiger partial charge in [-0.2, -0.15) is 0 Å². The maximum absolute atomic E-state index is 12.5. The van der Waals surface area contributed by atoms with Crippen LogP contribution in [0.2, 0.25) is 0 Å². The first kappa shape index (κ1) is 23.8. The molecule has 1 fully saturated rings. The van der Waals surface area contributed by atoms with Crippen molar-refractivity contribution in [2.45, 2.75) is 37.9 Å². The molecule has 12 nitrogen and oxygen atoms in total. The van der Waals surface area contributed by atoms with E-state index in [0.717, 1.165) is 0 Å². The van der Waals surface area contributed by atoms with Crippen LogP contribution < -0.4 is 0 Å². The molecular weight excluding hydrogens is 440 g/mol. The average molecular weight is 460 g/mol. The first-order valence-electron chi connectivity index (χ1n) is 9.78. The van der Waals surface area contributed by atoms with Gasteiger partial charge >= 0.3 is 11.9 Å². The Morgan fingerprint density at radius 1 is 0.848 bits per heavy atom. The lowest BCUT2D eigenvalue weighted by Crippen LogP contribution is -2.50. The first-order chi connectivity index (χ1) is 15.7. The maximum atomic E-state index is 12.5. The molecule has 3 rings (SSSR count). The SMILES string of the molecule is CO[C@@H]1O[C@H](C)[C@H](OC(=O)c2ccc([N+](=O)[O-])cc2)C[C@H]1OC(=O)c1ccc([N+](=O)[O-])cc1. The molecule has 1 aliphatic rings. The van der Waals surface area contributed by atoms with Crippen LogP contribution in [0.4, 0.5) is 11.4 Å². The van der Waals surface area contributed by atoms with Crippen molar-refractivity contribution in [3.05, 3.63) is 79.9 Å². The summed E-state index contributed by atoms with van der Waals surface area (Å²) in [6.45, 7) is 1.66. The van der Waals surface area contributed by atoms with Crippen LogP contribution in [0.25, 0.3) is 0 Å². The minimum atomic E-state index is -0.927. The number of nitrogens with zero attached hydrogens (tertiary/aromatic N) is 2. The fraction of sp³-hybridized carbons (Fsp3) is 0.333. The zero-order valence-corrected chi connectivity index (χ0v) is 17.6. The van der Waals surface area contributed by atoms with E-state index in [1.165, 1.54) is 55.6 Å². The molecule has 0 unspecified atom stereocenters. The van der Waals surface area contributed by atoms with E-state index in [1.807, 2.05) is 0 Å². The normalized spacial score (nSPS) is 22.2. The number of esters is 2. The summed E-state index contributed by atoms with van der Waals surface area (Å²) in [6, 6.07) is 9.82. The van der Waals surface area contributed by atoms with E-state index in [-0.39, 0.29) is 28.9 Å². The number of carbonyl (C=O) groups excluding carboxylic acids is 2. The van der Waals surface area contributed by atoms with Crippen LogP contribution in [0.1, 0.15) is 34.1 Å². The third kappa shape index (κ3) is 5.67. The highest BCUT2D eigenvalue weighted by Gasteiger charge is 2.40. The molecule has 2 aromatic rings. The van der Waals surface area contributed by atoms with Crippen molar-refractivity contribution in [2.75, 3.05) is 7.11 Å². The predicted octanol–water partition coefficient (Wildman–Crippen LogP) is 3.04. The van der Waals surface area contributed by atoms with Crippen LogP contribution in [-0.2, 0) is 18.9 Å². The van der Waals surface area contributed by atoms with Gasteiger partial charge in [0.25, 0.3) is 11.4 Å². The van der Waals surface area contributed by atoms with Crippen molar-refractivity contribution in [1.29, 1.82) is 0 Å². The highest BCUT2D eigenvalue weighted by molar-refractivity contribution is 5.90. The van der Waals surface area contributed by atoms with E-state index in [9.17, 15) is 29.8 Å². The molecule has 4 atom stereocenters. The Morgan fingerprint density at radius 3 is 1.67 bits per heavy atom. The quantitative estimate of drug-likeness (QED) is 0.341. The summed E-state index contributed by atoms with van der Waals surface area (Å²) in [6.07, 6.45) is -3.17. The Kier molecular flexibility index (Phi) is 7.30. The Balaban J connectivity index is 1.68. The van der Waals surface area contributed by atoms with Crippen molar-refractivity contribution in [1.82, 2.24) is 0 Å². The van der Waals surface area contributed by atoms with Crippen molar-refractivity contribution >= 4 is 23.3 Å². The Morgan fingerprint density at radius 2 is 1.27 bits per heavy atom. The molecule has 2 aromatic carbocycles. The molecule has 33 heavy (non-hydrogen) atoms. The lowest BCUT2D eigenvalue weighted by Gasteiger charge is -2.38. The smallest absolute Gasteiger partial charge is 0.338 e. The van der Waals surface area contributed by atoms with Gasteiger partial charge < -0.3 is 18.9 Å². The third-order valence-electron chi connectivity index (χ3n) is 5.02. The summed E-state index contributed by atoms with van der Waals surface area (Å²) in [4.78, 5) is 45.4. The monoisotopic (exact) mass is 460 g/mol. The first-order valence-corrected chi connectivity index (χ1v) is 9.78. The molecule has 0 bridgehead atoms. The second-order valence-electron chi connectivity index (χ2n) is 7.18. The molecule has 0 saturated carbocycles. The molecule has 174 valence electrons. The van der Waals surface area contributed by atoms with Crippen molar-refractivity contribution in [3.8, 4) is 0 Å². The Bertz CT molecular complexity index is 1040. The zero-order valence-electron chi connectivity index (χ0n) is 17.6. The fourth-order valence-electron chi connectivity index (χ4n) is 3.22. The molecule has 12 heteroatoms. The maximum Gasteiger partial charge on any atom is 0.338 e. The number of carbonyl (C=O) groups is 2. The van der Waals surface area contributed by atoms with Gasteiger partial charge in [-0.05, 0) is 31.2 Å². The van der Waals surface area contributed by atoms with Gasteiger partial charge in [0.15, 0.2) is 12.4 Å². The van der Waals surface area contributed by atoms with Gasteiger partial charge in [-0.1, -0.05) is 0 Å². The van der Waals surface area contributed by atoms with Crippen LogP contribution in [0.15, 0.2) is 48.5 Å². The number of rotatable bonds is 7. The summed E-state index contributed by atoms with van der Waals surface area (Å²) in [5.41, 5.74) is -0.133. The van der Waals surface area contributed by atoms with Crippen LogP contribution in [0.3, 0.4) is 0 Å². The molecule has 1 aliphatic heterocycles. The molecule has 0 N–H and O–H groups in total. The summed E-state index contributed by atoms with van der Waals surface area (Å²) in [7, 11) is 1.37. The van der Waals surface area contributed by atoms with Gasteiger partial charge in [0, 0.05) is 37.8 Å². The molecule has 0 radical (unpaired) electrons. The summed E-state index contributed by atoms with van der Waals surface area (Å²) in [5.74, 6) is -1.47. The number of hydrogen-bond donors (Lipinski definition) is 0. The predicted molar refractivity (Wildman–Crippen MR) is 111 cm³/mol. The number of ether oxygens (including phenoxy) is 4. The van der Waals surface area contributed by atoms with Gasteiger partial charge in [0.2, 0.25) is 0 Å². The van der Waals surface area contributed by atoms with E-state index in [0.29, 0.717) is 0 Å². The van der Waals surface area contributed by atoms with E-state index in [4.69, 9.17) is 18.9 Å². The van der Waals surface area contributed by atoms with Gasteiger partial charge in [0.1, 0.15) is 6.10 Å². The Labute approximate surface area is 187 Å². The number of methoxy groups -OCH3 is 1. The van der Waals surface area contributed by atoms with Crippen LogP contribution in [0.5, 0.6) is 0 Å². The summed E-state index contributed by atoms with van der Waals surface area (Å²) < 4.78 is 21.9. The molecule has 0 amide bonds. The van der Waals surface area contributed by atoms with E-state index < -0.39 is 46.4 Å². The van der Waals surface area contributed by atoms with Gasteiger partial charge in [-0.15, -0.1) is 0 Å². The number of benzene rings is 2. The van der Waals surface area contributed by atoms with Crippen LogP contribution in [-0.4, -0.2) is 53.5 Å². The lowest BCUT2D eigenvalue weighted by atomic mass is 10.0. The van der Waals surface area contributed by atoms with Crippen molar-refractivity contribution in [2.24, 2.45) is 0 Å². The van der Waals surface area contributed by atoms with Gasteiger partial charge in [0.05, 0.1) is 27.1 Å². The van der Waals surface area contributed by atoms with E-state index >= 15 is 0 Å². The number of hydrogen-bond acceptors (Lipinski definition) is 10. The zero-order chi connectivity index (χ0) is 24.1. The standard InChI is InChI=1S/C21H20N2O10/c1-12-17(32-19(24)13-3-7-15(8-4-13)22(26)27)11-18(21(30-2)31-12)33-20(25)14-5-9-16(10-6-14)23(28)29/h3-10,12,17-18,21H,11H2,1-2H3/t12-,17-,18-,21-/m1/s1. The summed E-state index contributed by atoms with van der Waals surface area (Å²) in [5, 5.41) is 21.5. The molecular formula is C21H20N2O10. The number of nitro groups is 2. The van der Waals surface area contributed by atoms with E-state index in [2.05, 4.69) is 0 Å².